The van der Waals surface area contributed by atoms with Crippen molar-refractivity contribution in [1.82, 2.24) is 5.32 Å². The van der Waals surface area contributed by atoms with Gasteiger partial charge in [0.05, 0.1) is 20.3 Å². The highest BCUT2D eigenvalue weighted by atomic mass is 16.7. The van der Waals surface area contributed by atoms with Gasteiger partial charge in [0.2, 0.25) is 0 Å². The second-order valence-corrected chi connectivity index (χ2v) is 5.72. The molecule has 4 nitrogen and oxygen atoms in total. The lowest BCUT2D eigenvalue weighted by molar-refractivity contribution is -0.0441. The molecule has 1 saturated heterocycles. The van der Waals surface area contributed by atoms with Crippen molar-refractivity contribution in [2.45, 2.75) is 26.3 Å². The van der Waals surface area contributed by atoms with E-state index in [0.717, 1.165) is 30.0 Å². The van der Waals surface area contributed by atoms with E-state index in [2.05, 4.69) is 54.7 Å². The molecule has 0 saturated carbocycles. The third-order valence-electron chi connectivity index (χ3n) is 4.00. The monoisotopic (exact) mass is 313 g/mol. The third-order valence-corrected chi connectivity index (χ3v) is 4.00. The number of benzene rings is 2. The van der Waals surface area contributed by atoms with Crippen molar-refractivity contribution in [3.63, 3.8) is 0 Å². The minimum Gasteiger partial charge on any atom is -0.496 e. The molecular formula is C19H23NO3. The van der Waals surface area contributed by atoms with Crippen LogP contribution in [-0.4, -0.2) is 20.3 Å². The summed E-state index contributed by atoms with van der Waals surface area (Å²) in [7, 11) is 1.71. The van der Waals surface area contributed by atoms with Gasteiger partial charge >= 0.3 is 0 Å². The van der Waals surface area contributed by atoms with Crippen LogP contribution < -0.4 is 10.1 Å². The van der Waals surface area contributed by atoms with Crippen molar-refractivity contribution in [1.29, 1.82) is 0 Å². The number of ether oxygens (including phenoxy) is 3. The predicted octanol–water partition coefficient (Wildman–Crippen LogP) is 3.34. The molecule has 0 amide bonds. The van der Waals surface area contributed by atoms with Gasteiger partial charge in [-0.15, -0.1) is 0 Å². The predicted molar refractivity (Wildman–Crippen MR) is 89.4 cm³/mol. The van der Waals surface area contributed by atoms with Gasteiger partial charge < -0.3 is 19.5 Å². The first-order valence-corrected chi connectivity index (χ1v) is 7.92. The molecule has 0 atom stereocenters. The van der Waals surface area contributed by atoms with Crippen LogP contribution in [0.2, 0.25) is 0 Å². The molecule has 2 aromatic rings. The highest BCUT2D eigenvalue weighted by Crippen LogP contribution is 2.23. The number of methoxy groups -OCH3 is 1. The maximum Gasteiger partial charge on any atom is 0.184 e. The number of aryl methyl sites for hydroxylation is 1. The SMILES string of the molecule is COc1cc(CNCc2ccc(C3OCCO3)cc2)ccc1C. The molecule has 1 heterocycles. The number of nitrogens with one attached hydrogen (secondary N) is 1. The highest BCUT2D eigenvalue weighted by molar-refractivity contribution is 5.36. The smallest absolute Gasteiger partial charge is 0.184 e. The molecule has 1 N–H and O–H groups in total. The lowest BCUT2D eigenvalue weighted by Crippen LogP contribution is -2.13. The van der Waals surface area contributed by atoms with Crippen LogP contribution in [0.3, 0.4) is 0 Å². The summed E-state index contributed by atoms with van der Waals surface area (Å²) in [5.74, 6) is 0.935. The number of hydrogen-bond donors (Lipinski definition) is 1. The Balaban J connectivity index is 1.52. The molecule has 0 spiro atoms. The molecule has 0 unspecified atom stereocenters. The lowest BCUT2D eigenvalue weighted by atomic mass is 10.1. The lowest BCUT2D eigenvalue weighted by Gasteiger charge is -2.11. The van der Waals surface area contributed by atoms with Crippen LogP contribution in [-0.2, 0) is 22.6 Å². The first-order valence-electron chi connectivity index (χ1n) is 7.92. The van der Waals surface area contributed by atoms with Crippen molar-refractivity contribution < 1.29 is 14.2 Å². The Labute approximate surface area is 137 Å². The van der Waals surface area contributed by atoms with Crippen molar-refractivity contribution in [3.8, 4) is 5.75 Å². The van der Waals surface area contributed by atoms with Crippen LogP contribution in [0.25, 0.3) is 0 Å². The Bertz CT molecular complexity index is 634. The van der Waals surface area contributed by atoms with Crippen molar-refractivity contribution in [3.05, 3.63) is 64.7 Å². The maximum absolute atomic E-state index is 5.50. The quantitative estimate of drug-likeness (QED) is 0.888. The van der Waals surface area contributed by atoms with Gasteiger partial charge in [-0.1, -0.05) is 36.4 Å². The maximum atomic E-state index is 5.50. The van der Waals surface area contributed by atoms with Gasteiger partial charge in [-0.3, -0.25) is 0 Å². The zero-order valence-electron chi connectivity index (χ0n) is 13.7. The molecule has 1 aliphatic rings. The van der Waals surface area contributed by atoms with E-state index in [-0.39, 0.29) is 6.29 Å². The van der Waals surface area contributed by atoms with E-state index in [1.54, 1.807) is 7.11 Å². The fourth-order valence-corrected chi connectivity index (χ4v) is 2.67. The van der Waals surface area contributed by atoms with E-state index < -0.39 is 0 Å². The Morgan fingerprint density at radius 1 is 1.00 bits per heavy atom. The van der Waals surface area contributed by atoms with Crippen LogP contribution in [0.15, 0.2) is 42.5 Å². The van der Waals surface area contributed by atoms with Gasteiger partial charge in [-0.05, 0) is 29.7 Å². The van der Waals surface area contributed by atoms with Gasteiger partial charge in [0, 0.05) is 18.7 Å². The topological polar surface area (TPSA) is 39.7 Å². The Morgan fingerprint density at radius 2 is 1.65 bits per heavy atom. The van der Waals surface area contributed by atoms with Gasteiger partial charge in [0.25, 0.3) is 0 Å². The standard InChI is InChI=1S/C19H23NO3/c1-14-3-4-16(11-18(14)21-2)13-20-12-15-5-7-17(8-6-15)19-22-9-10-23-19/h3-8,11,19-20H,9-10,12-13H2,1-2H3. The van der Waals surface area contributed by atoms with Crippen LogP contribution in [0.4, 0.5) is 0 Å². The normalized spacial score (nSPS) is 15.0. The molecule has 2 aromatic carbocycles. The molecule has 1 fully saturated rings. The van der Waals surface area contributed by atoms with E-state index in [9.17, 15) is 0 Å². The summed E-state index contributed by atoms with van der Waals surface area (Å²) < 4.78 is 16.4. The first-order chi connectivity index (χ1) is 11.3. The average Bonchev–Trinajstić information content (AvgIpc) is 3.11. The van der Waals surface area contributed by atoms with Crippen LogP contribution >= 0.6 is 0 Å². The van der Waals surface area contributed by atoms with Crippen LogP contribution in [0, 0.1) is 6.92 Å². The van der Waals surface area contributed by atoms with Crippen LogP contribution in [0.5, 0.6) is 5.75 Å². The zero-order valence-corrected chi connectivity index (χ0v) is 13.7. The van der Waals surface area contributed by atoms with Crippen molar-refractivity contribution in [2.24, 2.45) is 0 Å². The summed E-state index contributed by atoms with van der Waals surface area (Å²) >= 11 is 0. The first kappa shape index (κ1) is 16.0. The molecule has 0 bridgehead atoms. The van der Waals surface area contributed by atoms with E-state index in [1.165, 1.54) is 11.1 Å². The van der Waals surface area contributed by atoms with Crippen molar-refractivity contribution >= 4 is 0 Å². The van der Waals surface area contributed by atoms with Gasteiger partial charge in [0.15, 0.2) is 6.29 Å². The highest BCUT2D eigenvalue weighted by Gasteiger charge is 2.17. The molecule has 4 heteroatoms. The number of hydrogen-bond acceptors (Lipinski definition) is 4. The summed E-state index contributed by atoms with van der Waals surface area (Å²) in [5.41, 5.74) is 4.69. The summed E-state index contributed by atoms with van der Waals surface area (Å²) in [6, 6.07) is 14.7. The molecule has 122 valence electrons. The summed E-state index contributed by atoms with van der Waals surface area (Å²) in [6.45, 7) is 5.04. The summed E-state index contributed by atoms with van der Waals surface area (Å²) in [5, 5.41) is 3.46. The largest absolute Gasteiger partial charge is 0.496 e. The number of rotatable bonds is 6. The second-order valence-electron chi connectivity index (χ2n) is 5.72. The second kappa shape index (κ2) is 7.59. The Morgan fingerprint density at radius 3 is 2.35 bits per heavy atom. The Hall–Kier alpha value is -1.88. The summed E-state index contributed by atoms with van der Waals surface area (Å²) in [4.78, 5) is 0. The van der Waals surface area contributed by atoms with Gasteiger partial charge in [-0.2, -0.15) is 0 Å². The minimum atomic E-state index is -0.197. The van der Waals surface area contributed by atoms with Crippen LogP contribution in [0.1, 0.15) is 28.5 Å². The van der Waals surface area contributed by atoms with Gasteiger partial charge in [0.1, 0.15) is 5.75 Å². The summed E-state index contributed by atoms with van der Waals surface area (Å²) in [6.07, 6.45) is -0.197. The molecule has 0 aromatic heterocycles. The van der Waals surface area contributed by atoms with E-state index in [4.69, 9.17) is 14.2 Å². The Kier molecular flexibility index (Phi) is 5.28. The van der Waals surface area contributed by atoms with Gasteiger partial charge in [-0.25, -0.2) is 0 Å². The molecule has 3 rings (SSSR count). The molecule has 1 aliphatic heterocycles. The molecule has 0 radical (unpaired) electrons. The van der Waals surface area contributed by atoms with E-state index in [0.29, 0.717) is 13.2 Å². The molecule has 23 heavy (non-hydrogen) atoms. The zero-order chi connectivity index (χ0) is 16.1. The molecular weight excluding hydrogens is 290 g/mol. The average molecular weight is 313 g/mol. The fraction of sp³-hybridized carbons (Fsp3) is 0.368. The van der Waals surface area contributed by atoms with E-state index >= 15 is 0 Å². The fourth-order valence-electron chi connectivity index (χ4n) is 2.67. The third kappa shape index (κ3) is 4.10. The van der Waals surface area contributed by atoms with E-state index in [1.807, 2.05) is 0 Å². The van der Waals surface area contributed by atoms with Crippen molar-refractivity contribution in [2.75, 3.05) is 20.3 Å². The minimum absolute atomic E-state index is 0.197. The molecule has 0 aliphatic carbocycles.